The molecular weight excluding hydrogens is 437 g/mol. The number of hydrogen-bond acceptors (Lipinski definition) is 5. The van der Waals surface area contributed by atoms with E-state index in [1.165, 1.54) is 12.1 Å². The molecule has 0 atom stereocenters. The van der Waals surface area contributed by atoms with Crippen LogP contribution in [0.15, 0.2) is 59.1 Å². The summed E-state index contributed by atoms with van der Waals surface area (Å²) in [6.45, 7) is 4.07. The molecule has 2 aromatic carbocycles. The summed E-state index contributed by atoms with van der Waals surface area (Å²) < 4.78 is 56.5. The summed E-state index contributed by atoms with van der Waals surface area (Å²) in [5.74, 6) is 1.05. The zero-order chi connectivity index (χ0) is 23.6. The van der Waals surface area contributed by atoms with Crippen LogP contribution >= 0.6 is 0 Å². The topological polar surface area (TPSA) is 66.5 Å². The predicted molar refractivity (Wildman–Crippen MR) is 115 cm³/mol. The first-order chi connectivity index (χ1) is 15.7. The van der Waals surface area contributed by atoms with Crippen LogP contribution in [0.4, 0.5) is 13.2 Å². The van der Waals surface area contributed by atoms with Gasteiger partial charge < -0.3 is 18.5 Å². The number of esters is 1. The molecule has 0 amide bonds. The number of aromatic nitrogens is 2. The number of aryl methyl sites for hydroxylation is 1. The van der Waals surface area contributed by atoms with Gasteiger partial charge in [-0.25, -0.2) is 4.98 Å². The summed E-state index contributed by atoms with van der Waals surface area (Å²) in [5.41, 5.74) is 1.13. The van der Waals surface area contributed by atoms with Crippen molar-refractivity contribution in [2.75, 3.05) is 6.61 Å². The molecular formula is C24H21F3N2O4. The molecule has 9 heteroatoms. The fourth-order valence-corrected chi connectivity index (χ4v) is 3.39. The number of ether oxygens (including phenoxy) is 2. The zero-order valence-electron chi connectivity index (χ0n) is 18.0. The highest BCUT2D eigenvalue weighted by Crippen LogP contribution is 2.31. The molecule has 0 saturated carbocycles. The van der Waals surface area contributed by atoms with Gasteiger partial charge in [0.25, 0.3) is 0 Å². The van der Waals surface area contributed by atoms with E-state index in [1.807, 2.05) is 24.4 Å². The number of hydrogen-bond donors (Lipinski definition) is 0. The monoisotopic (exact) mass is 458 g/mol. The Hall–Kier alpha value is -3.75. The lowest BCUT2D eigenvalue weighted by Crippen LogP contribution is -2.12. The maximum atomic E-state index is 12.8. The molecule has 0 fully saturated rings. The van der Waals surface area contributed by atoms with E-state index < -0.39 is 11.7 Å². The third-order valence-electron chi connectivity index (χ3n) is 5.07. The van der Waals surface area contributed by atoms with Gasteiger partial charge in [0.15, 0.2) is 0 Å². The first-order valence-corrected chi connectivity index (χ1v) is 10.3. The van der Waals surface area contributed by atoms with Crippen LogP contribution in [0.1, 0.15) is 23.9 Å². The maximum Gasteiger partial charge on any atom is 0.416 e. The van der Waals surface area contributed by atoms with E-state index in [9.17, 15) is 18.0 Å². The third-order valence-corrected chi connectivity index (χ3v) is 5.07. The minimum atomic E-state index is -4.40. The SMILES string of the molecule is CCOC(=O)Cn1ccc2cc(OCc3nc(-c4ccc(C(F)(F)F)cc4)oc3C)ccc21. The van der Waals surface area contributed by atoms with E-state index in [0.717, 1.165) is 23.0 Å². The summed E-state index contributed by atoms with van der Waals surface area (Å²) in [5, 5.41) is 0.902. The maximum absolute atomic E-state index is 12.8. The number of nitrogens with zero attached hydrogens (tertiary/aromatic N) is 2. The molecule has 33 heavy (non-hydrogen) atoms. The molecule has 0 radical (unpaired) electrons. The Morgan fingerprint density at radius 1 is 1.12 bits per heavy atom. The first kappa shape index (κ1) is 22.4. The molecule has 4 rings (SSSR count). The van der Waals surface area contributed by atoms with E-state index in [0.29, 0.717) is 29.4 Å². The molecule has 0 aliphatic heterocycles. The third kappa shape index (κ3) is 5.02. The van der Waals surface area contributed by atoms with Crippen molar-refractivity contribution in [3.8, 4) is 17.2 Å². The highest BCUT2D eigenvalue weighted by atomic mass is 19.4. The molecule has 172 valence electrons. The zero-order valence-corrected chi connectivity index (χ0v) is 18.0. The first-order valence-electron chi connectivity index (χ1n) is 10.3. The minimum Gasteiger partial charge on any atom is -0.487 e. The summed E-state index contributed by atoms with van der Waals surface area (Å²) in [6.07, 6.45) is -2.59. The second-order valence-electron chi connectivity index (χ2n) is 7.35. The van der Waals surface area contributed by atoms with Gasteiger partial charge in [-0.15, -0.1) is 0 Å². The largest absolute Gasteiger partial charge is 0.487 e. The van der Waals surface area contributed by atoms with Gasteiger partial charge in [-0.05, 0) is 62.4 Å². The number of rotatable bonds is 7. The number of carbonyl (C=O) groups excluding carboxylic acids is 1. The van der Waals surface area contributed by atoms with Crippen molar-refractivity contribution in [1.29, 1.82) is 0 Å². The van der Waals surface area contributed by atoms with E-state index in [1.54, 1.807) is 24.5 Å². The van der Waals surface area contributed by atoms with Crippen molar-refractivity contribution >= 4 is 16.9 Å². The fourth-order valence-electron chi connectivity index (χ4n) is 3.39. The molecule has 0 bridgehead atoms. The lowest BCUT2D eigenvalue weighted by molar-refractivity contribution is -0.143. The fraction of sp³-hybridized carbons (Fsp3) is 0.250. The van der Waals surface area contributed by atoms with E-state index >= 15 is 0 Å². The lowest BCUT2D eigenvalue weighted by atomic mass is 10.1. The standard InChI is InChI=1S/C24H21F3N2O4/c1-3-31-22(30)13-29-11-10-17-12-19(8-9-21(17)29)32-14-20-15(2)33-23(28-20)16-4-6-18(7-5-16)24(25,26)27/h4-12H,3,13-14H2,1-2H3. The summed E-state index contributed by atoms with van der Waals surface area (Å²) >= 11 is 0. The number of fused-ring (bicyclic) bond motifs is 1. The Morgan fingerprint density at radius 3 is 2.58 bits per heavy atom. The van der Waals surface area contributed by atoms with Gasteiger partial charge in [0.05, 0.1) is 12.2 Å². The van der Waals surface area contributed by atoms with E-state index in [4.69, 9.17) is 13.9 Å². The quantitative estimate of drug-likeness (QED) is 0.329. The molecule has 6 nitrogen and oxygen atoms in total. The normalized spacial score (nSPS) is 11.7. The molecule has 4 aromatic rings. The van der Waals surface area contributed by atoms with Crippen molar-refractivity contribution < 1.29 is 31.9 Å². The van der Waals surface area contributed by atoms with Crippen LogP contribution in [0.2, 0.25) is 0 Å². The van der Waals surface area contributed by atoms with Crippen LogP contribution in [0.25, 0.3) is 22.4 Å². The number of alkyl halides is 3. The number of halogens is 3. The minimum absolute atomic E-state index is 0.127. The number of benzene rings is 2. The predicted octanol–water partition coefficient (Wildman–Crippen LogP) is 5.77. The molecule has 0 aliphatic rings. The van der Waals surface area contributed by atoms with Crippen molar-refractivity contribution in [1.82, 2.24) is 9.55 Å². The summed E-state index contributed by atoms with van der Waals surface area (Å²) in [7, 11) is 0. The Bertz CT molecular complexity index is 1270. The smallest absolute Gasteiger partial charge is 0.416 e. The average molecular weight is 458 g/mol. The van der Waals surface area contributed by atoms with Crippen LogP contribution in [-0.2, 0) is 28.9 Å². The van der Waals surface area contributed by atoms with Gasteiger partial charge in [0.2, 0.25) is 5.89 Å². The van der Waals surface area contributed by atoms with Crippen LogP contribution in [-0.4, -0.2) is 22.1 Å². The van der Waals surface area contributed by atoms with Crippen molar-refractivity contribution in [2.45, 2.75) is 33.2 Å². The van der Waals surface area contributed by atoms with Crippen molar-refractivity contribution in [2.24, 2.45) is 0 Å². The van der Waals surface area contributed by atoms with Crippen LogP contribution in [0.3, 0.4) is 0 Å². The van der Waals surface area contributed by atoms with E-state index in [2.05, 4.69) is 4.98 Å². The summed E-state index contributed by atoms with van der Waals surface area (Å²) in [4.78, 5) is 16.1. The molecule has 0 aliphatic carbocycles. The average Bonchev–Trinajstić information content (AvgIpc) is 3.35. The molecule has 2 heterocycles. The van der Waals surface area contributed by atoms with Gasteiger partial charge in [-0.3, -0.25) is 4.79 Å². The Kier molecular flexibility index (Phi) is 6.13. The molecule has 0 unspecified atom stereocenters. The Morgan fingerprint density at radius 2 is 1.88 bits per heavy atom. The highest BCUT2D eigenvalue weighted by Gasteiger charge is 2.30. The molecule has 0 N–H and O–H groups in total. The van der Waals surface area contributed by atoms with Gasteiger partial charge >= 0.3 is 12.1 Å². The van der Waals surface area contributed by atoms with Crippen molar-refractivity contribution in [3.05, 3.63) is 71.7 Å². The summed E-state index contributed by atoms with van der Waals surface area (Å²) in [6, 6.07) is 12.0. The molecule has 0 spiro atoms. The molecule has 2 aromatic heterocycles. The van der Waals surface area contributed by atoms with Crippen molar-refractivity contribution in [3.63, 3.8) is 0 Å². The van der Waals surface area contributed by atoms with Gasteiger partial charge in [0, 0.05) is 22.7 Å². The number of carbonyl (C=O) groups is 1. The second-order valence-corrected chi connectivity index (χ2v) is 7.35. The lowest BCUT2D eigenvalue weighted by Gasteiger charge is -2.07. The van der Waals surface area contributed by atoms with Gasteiger partial charge in [-0.1, -0.05) is 0 Å². The van der Waals surface area contributed by atoms with Gasteiger partial charge in [-0.2, -0.15) is 13.2 Å². The van der Waals surface area contributed by atoms with Crippen LogP contribution < -0.4 is 4.74 Å². The molecule has 0 saturated heterocycles. The number of oxazole rings is 1. The second kappa shape index (κ2) is 9.01. The van der Waals surface area contributed by atoms with Gasteiger partial charge in [0.1, 0.15) is 30.4 Å². The van der Waals surface area contributed by atoms with Crippen LogP contribution in [0.5, 0.6) is 5.75 Å². The highest BCUT2D eigenvalue weighted by molar-refractivity contribution is 5.83. The Balaban J connectivity index is 1.45. The van der Waals surface area contributed by atoms with E-state index in [-0.39, 0.29) is 25.0 Å². The Labute approximate surface area is 187 Å². The van der Waals surface area contributed by atoms with Crippen LogP contribution in [0, 0.1) is 6.92 Å².